The van der Waals surface area contributed by atoms with Crippen LogP contribution in [-0.2, 0) is 9.59 Å². The first-order chi connectivity index (χ1) is 12.1. The quantitative estimate of drug-likeness (QED) is 0.656. The third-order valence-electron chi connectivity index (χ3n) is 3.93. The number of amides is 2. The maximum absolute atomic E-state index is 12.3. The van der Waals surface area contributed by atoms with Crippen LogP contribution < -0.4 is 10.3 Å². The third-order valence-corrected chi connectivity index (χ3v) is 4.59. The number of para-hydroxylation sites is 1. The number of nitrogens with zero attached hydrogens (tertiary/aromatic N) is 2. The normalized spacial score (nSPS) is 17.3. The molecule has 0 radical (unpaired) electrons. The van der Waals surface area contributed by atoms with Gasteiger partial charge in [0.05, 0.1) is 22.2 Å². The minimum atomic E-state index is -0.452. The zero-order valence-electron chi connectivity index (χ0n) is 13.2. The summed E-state index contributed by atoms with van der Waals surface area (Å²) in [5, 5.41) is 4.79. The number of carbonyl (C=O) groups excluding carboxylic acids is 2. The lowest BCUT2D eigenvalue weighted by atomic mass is 10.1. The number of benzene rings is 2. The topological polar surface area (TPSA) is 61.8 Å². The van der Waals surface area contributed by atoms with E-state index < -0.39 is 5.92 Å². The fourth-order valence-electron chi connectivity index (χ4n) is 2.63. The maximum atomic E-state index is 12.3. The lowest BCUT2D eigenvalue weighted by molar-refractivity contribution is -0.126. The van der Waals surface area contributed by atoms with Gasteiger partial charge in [0.2, 0.25) is 11.8 Å². The van der Waals surface area contributed by atoms with Gasteiger partial charge in [-0.1, -0.05) is 47.5 Å². The van der Waals surface area contributed by atoms with E-state index in [0.29, 0.717) is 22.2 Å². The number of anilines is 1. The van der Waals surface area contributed by atoms with Gasteiger partial charge in [-0.15, -0.1) is 0 Å². The Balaban J connectivity index is 1.63. The Morgan fingerprint density at radius 1 is 1.12 bits per heavy atom. The first-order valence-electron chi connectivity index (χ1n) is 7.68. The van der Waals surface area contributed by atoms with E-state index in [1.54, 1.807) is 23.1 Å². The maximum Gasteiger partial charge on any atom is 0.245 e. The Labute approximate surface area is 155 Å². The van der Waals surface area contributed by atoms with Crippen molar-refractivity contribution in [3.63, 3.8) is 0 Å². The Kier molecular flexibility index (Phi) is 5.36. The molecule has 0 spiro atoms. The van der Waals surface area contributed by atoms with E-state index in [-0.39, 0.29) is 18.2 Å². The van der Waals surface area contributed by atoms with E-state index in [0.717, 1.165) is 5.69 Å². The zero-order chi connectivity index (χ0) is 17.8. The van der Waals surface area contributed by atoms with Crippen molar-refractivity contribution in [1.29, 1.82) is 0 Å². The molecule has 0 bridgehead atoms. The number of hydrogen-bond acceptors (Lipinski definition) is 3. The number of hydrogen-bond donors (Lipinski definition) is 1. The molecular formula is C18H15Cl2N3O2. The monoisotopic (exact) mass is 375 g/mol. The van der Waals surface area contributed by atoms with Gasteiger partial charge in [0.1, 0.15) is 0 Å². The molecule has 0 saturated carbocycles. The predicted octanol–water partition coefficient (Wildman–Crippen LogP) is 3.50. The van der Waals surface area contributed by atoms with Crippen LogP contribution >= 0.6 is 23.2 Å². The molecule has 128 valence electrons. The number of carbonyl (C=O) groups is 2. The molecule has 0 aromatic heterocycles. The molecule has 7 heteroatoms. The average molecular weight is 376 g/mol. The Morgan fingerprint density at radius 2 is 1.80 bits per heavy atom. The van der Waals surface area contributed by atoms with Gasteiger partial charge < -0.3 is 4.90 Å². The number of rotatable bonds is 4. The van der Waals surface area contributed by atoms with Gasteiger partial charge in [-0.25, -0.2) is 5.43 Å². The Hall–Kier alpha value is -2.37. The SMILES string of the molecule is O=C(N/N=C\c1c(Cl)cccc1Cl)[C@H]1CC(=O)N(c2ccccc2)C1. The summed E-state index contributed by atoms with van der Waals surface area (Å²) >= 11 is 12.1. The van der Waals surface area contributed by atoms with Crippen molar-refractivity contribution in [3.8, 4) is 0 Å². The van der Waals surface area contributed by atoms with Gasteiger partial charge in [-0.3, -0.25) is 9.59 Å². The van der Waals surface area contributed by atoms with Crippen LogP contribution in [0.15, 0.2) is 53.6 Å². The molecule has 0 aliphatic carbocycles. The molecule has 25 heavy (non-hydrogen) atoms. The average Bonchev–Trinajstić information content (AvgIpc) is 3.00. The molecule has 1 saturated heterocycles. The van der Waals surface area contributed by atoms with Crippen LogP contribution in [0.1, 0.15) is 12.0 Å². The van der Waals surface area contributed by atoms with Crippen LogP contribution in [0.4, 0.5) is 5.69 Å². The predicted molar refractivity (Wildman–Crippen MR) is 99.1 cm³/mol. The van der Waals surface area contributed by atoms with Crippen molar-refractivity contribution in [1.82, 2.24) is 5.43 Å². The summed E-state index contributed by atoms with van der Waals surface area (Å²) in [5.41, 5.74) is 3.77. The van der Waals surface area contributed by atoms with Crippen LogP contribution in [0, 0.1) is 5.92 Å². The number of halogens is 2. The van der Waals surface area contributed by atoms with E-state index in [2.05, 4.69) is 10.5 Å². The minimum absolute atomic E-state index is 0.0792. The Morgan fingerprint density at radius 3 is 2.48 bits per heavy atom. The lowest BCUT2D eigenvalue weighted by Gasteiger charge is -2.16. The van der Waals surface area contributed by atoms with Crippen LogP contribution in [0.5, 0.6) is 0 Å². The fourth-order valence-corrected chi connectivity index (χ4v) is 3.12. The number of hydrazone groups is 1. The van der Waals surface area contributed by atoms with Crippen molar-refractivity contribution in [2.75, 3.05) is 11.4 Å². The third kappa shape index (κ3) is 4.00. The smallest absolute Gasteiger partial charge is 0.245 e. The van der Waals surface area contributed by atoms with E-state index in [9.17, 15) is 9.59 Å². The molecule has 1 N–H and O–H groups in total. The second kappa shape index (κ2) is 7.68. The van der Waals surface area contributed by atoms with E-state index in [1.165, 1.54) is 6.21 Å². The highest BCUT2D eigenvalue weighted by Crippen LogP contribution is 2.25. The van der Waals surface area contributed by atoms with Crippen molar-refractivity contribution >= 4 is 46.9 Å². The largest absolute Gasteiger partial charge is 0.312 e. The van der Waals surface area contributed by atoms with E-state index in [4.69, 9.17) is 23.2 Å². The molecule has 3 rings (SSSR count). The molecular weight excluding hydrogens is 361 g/mol. The molecule has 5 nitrogen and oxygen atoms in total. The van der Waals surface area contributed by atoms with Crippen LogP contribution in [0.3, 0.4) is 0 Å². The molecule has 1 atom stereocenters. The molecule has 1 heterocycles. The van der Waals surface area contributed by atoms with Crippen LogP contribution in [-0.4, -0.2) is 24.6 Å². The summed E-state index contributed by atoms with van der Waals surface area (Å²) in [6, 6.07) is 14.4. The highest BCUT2D eigenvalue weighted by Gasteiger charge is 2.34. The summed E-state index contributed by atoms with van der Waals surface area (Å²) in [6.07, 6.45) is 1.55. The second-order valence-electron chi connectivity index (χ2n) is 5.61. The van der Waals surface area contributed by atoms with Gasteiger partial charge in [-0.05, 0) is 24.3 Å². The van der Waals surface area contributed by atoms with E-state index >= 15 is 0 Å². The first kappa shape index (κ1) is 17.5. The second-order valence-corrected chi connectivity index (χ2v) is 6.42. The van der Waals surface area contributed by atoms with Gasteiger partial charge in [0.15, 0.2) is 0 Å². The highest BCUT2D eigenvalue weighted by molar-refractivity contribution is 6.38. The molecule has 2 aromatic carbocycles. The zero-order valence-corrected chi connectivity index (χ0v) is 14.7. The molecule has 1 fully saturated rings. The highest BCUT2D eigenvalue weighted by atomic mass is 35.5. The fraction of sp³-hybridized carbons (Fsp3) is 0.167. The van der Waals surface area contributed by atoms with Crippen LogP contribution in [0.25, 0.3) is 0 Å². The first-order valence-corrected chi connectivity index (χ1v) is 8.44. The summed E-state index contributed by atoms with van der Waals surface area (Å²) in [5.74, 6) is -0.845. The van der Waals surface area contributed by atoms with Crippen molar-refractivity contribution in [2.45, 2.75) is 6.42 Å². The minimum Gasteiger partial charge on any atom is -0.312 e. The van der Waals surface area contributed by atoms with Gasteiger partial charge >= 0.3 is 0 Å². The van der Waals surface area contributed by atoms with Crippen molar-refractivity contribution in [3.05, 3.63) is 64.1 Å². The molecule has 0 unspecified atom stereocenters. The lowest BCUT2D eigenvalue weighted by Crippen LogP contribution is -2.30. The molecule has 2 amide bonds. The standard InChI is InChI=1S/C18H15Cl2N3O2/c19-15-7-4-8-16(20)14(15)10-21-22-18(25)12-9-17(24)23(11-12)13-5-2-1-3-6-13/h1-8,10,12H,9,11H2,(H,22,25)/b21-10-/t12-/m0/s1. The van der Waals surface area contributed by atoms with Gasteiger partial charge in [0.25, 0.3) is 0 Å². The number of nitrogens with one attached hydrogen (secondary N) is 1. The summed E-state index contributed by atoms with van der Waals surface area (Å²) in [4.78, 5) is 26.0. The van der Waals surface area contributed by atoms with Crippen LogP contribution in [0.2, 0.25) is 10.0 Å². The molecule has 2 aromatic rings. The molecule has 1 aliphatic heterocycles. The Bertz CT molecular complexity index is 804. The van der Waals surface area contributed by atoms with Gasteiger partial charge in [0, 0.05) is 24.2 Å². The van der Waals surface area contributed by atoms with E-state index in [1.807, 2.05) is 30.3 Å². The van der Waals surface area contributed by atoms with Crippen molar-refractivity contribution < 1.29 is 9.59 Å². The molecule has 1 aliphatic rings. The van der Waals surface area contributed by atoms with Crippen molar-refractivity contribution in [2.24, 2.45) is 11.0 Å². The summed E-state index contributed by atoms with van der Waals surface area (Å²) in [7, 11) is 0. The summed E-state index contributed by atoms with van der Waals surface area (Å²) in [6.45, 7) is 0.330. The summed E-state index contributed by atoms with van der Waals surface area (Å²) < 4.78 is 0. The van der Waals surface area contributed by atoms with Gasteiger partial charge in [-0.2, -0.15) is 5.10 Å².